The molecule has 0 aromatic heterocycles. The molecule has 0 atom stereocenters. The molecular formula is C18H18N2O3. The second kappa shape index (κ2) is 9.31. The van der Waals surface area contributed by atoms with Crippen LogP contribution in [-0.2, 0) is 16.0 Å². The number of nitrogens with zero attached hydrogens (tertiary/aromatic N) is 2. The Morgan fingerprint density at radius 3 is 2.30 bits per heavy atom. The number of fused-ring (bicyclic) bond motifs is 1. The van der Waals surface area contributed by atoms with Gasteiger partial charge in [-0.1, -0.05) is 30.3 Å². The third-order valence-electron chi connectivity index (χ3n) is 3.49. The van der Waals surface area contributed by atoms with E-state index in [1.54, 1.807) is 6.08 Å². The first kappa shape index (κ1) is 16.6. The maximum Gasteiger partial charge on any atom is 0.234 e. The molecule has 2 aromatic rings. The van der Waals surface area contributed by atoms with Gasteiger partial charge in [-0.15, -0.1) is 0 Å². The minimum Gasteiger partial charge on any atom is -0.493 e. The molecule has 0 N–H and O–H groups in total. The van der Waals surface area contributed by atoms with Crippen LogP contribution < -0.4 is 4.74 Å². The number of isocyanates is 2. The van der Waals surface area contributed by atoms with Crippen molar-refractivity contribution < 1.29 is 14.3 Å². The topological polar surface area (TPSA) is 68.1 Å². The molecule has 5 nitrogen and oxygen atoms in total. The third kappa shape index (κ3) is 4.89. The van der Waals surface area contributed by atoms with E-state index in [0.29, 0.717) is 26.1 Å². The first-order valence-corrected chi connectivity index (χ1v) is 7.57. The van der Waals surface area contributed by atoms with Gasteiger partial charge in [0, 0.05) is 11.8 Å². The maximum absolute atomic E-state index is 10.1. The number of carbonyl (C=O) groups excluding carboxylic acids is 2. The Bertz CT molecular complexity index is 745. The summed E-state index contributed by atoms with van der Waals surface area (Å²) in [6, 6.07) is 12.1. The lowest BCUT2D eigenvalue weighted by Crippen LogP contribution is -2.00. The molecule has 0 saturated carbocycles. The summed E-state index contributed by atoms with van der Waals surface area (Å²) in [5.74, 6) is 0.824. The van der Waals surface area contributed by atoms with Crippen LogP contribution in [0.3, 0.4) is 0 Å². The summed E-state index contributed by atoms with van der Waals surface area (Å²) in [5.41, 5.74) is 1.21. The first-order valence-electron chi connectivity index (χ1n) is 7.57. The average Bonchev–Trinajstić information content (AvgIpc) is 2.59. The summed E-state index contributed by atoms with van der Waals surface area (Å²) in [6.45, 7) is 1.42. The lowest BCUT2D eigenvalue weighted by Gasteiger charge is -2.12. The maximum atomic E-state index is 10.1. The monoisotopic (exact) mass is 310 g/mol. The molecule has 0 saturated heterocycles. The molecule has 0 spiro atoms. The molecule has 0 unspecified atom stereocenters. The Balaban J connectivity index is 2.11. The predicted octanol–water partition coefficient (Wildman–Crippen LogP) is 3.21. The molecule has 2 aromatic carbocycles. The second-order valence-corrected chi connectivity index (χ2v) is 5.02. The highest BCUT2D eigenvalue weighted by molar-refractivity contribution is 5.91. The van der Waals surface area contributed by atoms with Crippen molar-refractivity contribution in [2.75, 3.05) is 19.7 Å². The van der Waals surface area contributed by atoms with Crippen LogP contribution in [0.4, 0.5) is 0 Å². The van der Waals surface area contributed by atoms with Crippen LogP contribution in [0.2, 0.25) is 0 Å². The van der Waals surface area contributed by atoms with E-state index in [4.69, 9.17) is 4.74 Å². The number of aryl methyl sites for hydroxylation is 1. The van der Waals surface area contributed by atoms with Crippen molar-refractivity contribution in [3.63, 3.8) is 0 Å². The summed E-state index contributed by atoms with van der Waals surface area (Å²) < 4.78 is 5.80. The van der Waals surface area contributed by atoms with Gasteiger partial charge in [0.25, 0.3) is 0 Å². The summed E-state index contributed by atoms with van der Waals surface area (Å²) in [4.78, 5) is 27.2. The van der Waals surface area contributed by atoms with E-state index in [1.165, 1.54) is 11.6 Å². The van der Waals surface area contributed by atoms with E-state index in [-0.39, 0.29) is 0 Å². The molecular weight excluding hydrogens is 292 g/mol. The molecule has 0 fully saturated rings. The number of ether oxygens (including phenoxy) is 1. The fourth-order valence-corrected chi connectivity index (χ4v) is 2.44. The lowest BCUT2D eigenvalue weighted by atomic mass is 10.00. The largest absolute Gasteiger partial charge is 0.493 e. The van der Waals surface area contributed by atoms with Gasteiger partial charge in [0.05, 0.1) is 19.7 Å². The van der Waals surface area contributed by atoms with Gasteiger partial charge in [-0.05, 0) is 29.9 Å². The number of aliphatic imine (C=N–C) groups is 2. The van der Waals surface area contributed by atoms with Crippen molar-refractivity contribution >= 4 is 22.9 Å². The van der Waals surface area contributed by atoms with Gasteiger partial charge in [0.2, 0.25) is 12.2 Å². The minimum absolute atomic E-state index is 0.427. The van der Waals surface area contributed by atoms with E-state index < -0.39 is 0 Å². The van der Waals surface area contributed by atoms with Gasteiger partial charge in [-0.2, -0.15) is 0 Å². The van der Waals surface area contributed by atoms with E-state index in [9.17, 15) is 9.59 Å². The molecule has 118 valence electrons. The van der Waals surface area contributed by atoms with Crippen LogP contribution in [0, 0.1) is 0 Å². The zero-order valence-corrected chi connectivity index (χ0v) is 12.8. The van der Waals surface area contributed by atoms with E-state index in [1.807, 2.05) is 30.3 Å². The van der Waals surface area contributed by atoms with Gasteiger partial charge in [0.1, 0.15) is 5.75 Å². The smallest absolute Gasteiger partial charge is 0.234 e. The summed E-state index contributed by atoms with van der Waals surface area (Å²) in [5, 5.41) is 2.20. The highest BCUT2D eigenvalue weighted by atomic mass is 16.5. The fraction of sp³-hybridized carbons (Fsp3) is 0.333. The fourth-order valence-electron chi connectivity index (χ4n) is 2.44. The van der Waals surface area contributed by atoms with Crippen LogP contribution in [0.15, 0.2) is 46.4 Å². The Labute approximate surface area is 134 Å². The van der Waals surface area contributed by atoms with Crippen LogP contribution in [-0.4, -0.2) is 31.9 Å². The normalized spacial score (nSPS) is 9.91. The van der Waals surface area contributed by atoms with E-state index in [2.05, 4.69) is 16.1 Å². The molecule has 0 amide bonds. The molecule has 5 heteroatoms. The van der Waals surface area contributed by atoms with Gasteiger partial charge in [0.15, 0.2) is 0 Å². The molecule has 0 heterocycles. The summed E-state index contributed by atoms with van der Waals surface area (Å²) >= 11 is 0. The Morgan fingerprint density at radius 1 is 0.870 bits per heavy atom. The molecule has 0 aliphatic heterocycles. The van der Waals surface area contributed by atoms with Crippen molar-refractivity contribution in [2.24, 2.45) is 9.98 Å². The number of hydrogen-bond acceptors (Lipinski definition) is 5. The Morgan fingerprint density at radius 2 is 1.57 bits per heavy atom. The summed E-state index contributed by atoms with van der Waals surface area (Å²) in [6.07, 6.45) is 5.41. The predicted molar refractivity (Wildman–Crippen MR) is 88.4 cm³/mol. The van der Waals surface area contributed by atoms with Crippen LogP contribution >= 0.6 is 0 Å². The second-order valence-electron chi connectivity index (χ2n) is 5.02. The van der Waals surface area contributed by atoms with E-state index in [0.717, 1.165) is 29.4 Å². The van der Waals surface area contributed by atoms with Gasteiger partial charge >= 0.3 is 0 Å². The van der Waals surface area contributed by atoms with Crippen molar-refractivity contribution in [1.82, 2.24) is 0 Å². The Hall–Kier alpha value is -2.74. The summed E-state index contributed by atoms with van der Waals surface area (Å²) in [7, 11) is 0. The molecule has 0 bridgehead atoms. The van der Waals surface area contributed by atoms with Gasteiger partial charge in [-0.3, -0.25) is 0 Å². The lowest BCUT2D eigenvalue weighted by molar-refractivity contribution is 0.317. The molecule has 0 radical (unpaired) electrons. The van der Waals surface area contributed by atoms with Crippen LogP contribution in [0.5, 0.6) is 5.75 Å². The average molecular weight is 310 g/mol. The molecule has 0 aliphatic carbocycles. The van der Waals surface area contributed by atoms with Gasteiger partial charge < -0.3 is 4.74 Å². The molecule has 23 heavy (non-hydrogen) atoms. The molecule has 2 rings (SSSR count). The molecule has 0 aliphatic rings. The quantitative estimate of drug-likeness (QED) is 0.406. The van der Waals surface area contributed by atoms with Crippen molar-refractivity contribution in [1.29, 1.82) is 0 Å². The van der Waals surface area contributed by atoms with Crippen molar-refractivity contribution in [3.8, 4) is 5.75 Å². The highest BCUT2D eigenvalue weighted by Crippen LogP contribution is 2.29. The van der Waals surface area contributed by atoms with Crippen LogP contribution in [0.25, 0.3) is 10.8 Å². The number of rotatable bonds is 9. The van der Waals surface area contributed by atoms with Gasteiger partial charge in [-0.25, -0.2) is 19.6 Å². The minimum atomic E-state index is 0.427. The third-order valence-corrected chi connectivity index (χ3v) is 3.49. The number of benzene rings is 2. The standard InChI is InChI=1S/C18H18N2O3/c21-13-19-10-3-5-15-8-9-18(23-12-4-11-20-14-22)17-7-2-1-6-16(15)17/h1-2,6-9H,3-5,10-12H2. The zero-order valence-electron chi connectivity index (χ0n) is 12.8. The van der Waals surface area contributed by atoms with Crippen molar-refractivity contribution in [3.05, 3.63) is 42.0 Å². The van der Waals surface area contributed by atoms with Crippen LogP contribution in [0.1, 0.15) is 18.4 Å². The first-order chi connectivity index (χ1) is 11.4. The Kier molecular flexibility index (Phi) is 6.73. The van der Waals surface area contributed by atoms with Crippen molar-refractivity contribution in [2.45, 2.75) is 19.3 Å². The number of hydrogen-bond donors (Lipinski definition) is 0. The highest BCUT2D eigenvalue weighted by Gasteiger charge is 2.06. The SMILES string of the molecule is O=C=NCCCOc1ccc(CCCN=C=O)c2ccccc12. The zero-order chi connectivity index (χ0) is 16.3. The van der Waals surface area contributed by atoms with E-state index >= 15 is 0 Å².